The lowest BCUT2D eigenvalue weighted by molar-refractivity contribution is -0.113. The zero-order valence-corrected chi connectivity index (χ0v) is 18.6. The number of hydrogen-bond acceptors (Lipinski definition) is 4. The van der Waals surface area contributed by atoms with Crippen LogP contribution in [-0.4, -0.2) is 50.6 Å². The molecule has 1 aliphatic rings. The first kappa shape index (κ1) is 22.6. The van der Waals surface area contributed by atoms with Gasteiger partial charge in [-0.15, -0.1) is 0 Å². The van der Waals surface area contributed by atoms with Gasteiger partial charge >= 0.3 is 6.09 Å². The Labute approximate surface area is 160 Å². The fraction of sp³-hybridized carbons (Fsp3) is 0.700. The predicted molar refractivity (Wildman–Crippen MR) is 108 cm³/mol. The fourth-order valence-electron chi connectivity index (χ4n) is 3.42. The molecule has 0 saturated carbocycles. The number of rotatable bonds is 7. The second-order valence-electron chi connectivity index (χ2n) is 8.50. The van der Waals surface area contributed by atoms with Crippen molar-refractivity contribution in [3.8, 4) is 0 Å². The number of amides is 1. The van der Waals surface area contributed by atoms with Gasteiger partial charge in [0.05, 0.1) is 12.1 Å². The molecular weight excluding hydrogens is 346 g/mol. The summed E-state index contributed by atoms with van der Waals surface area (Å²) >= 11 is 0. The van der Waals surface area contributed by atoms with Crippen molar-refractivity contribution >= 4 is 20.9 Å². The average molecular weight is 382 g/mol. The summed E-state index contributed by atoms with van der Waals surface area (Å²) in [5.74, 6) is 0.00443. The summed E-state index contributed by atoms with van der Waals surface area (Å²) in [4.78, 5) is 26.7. The predicted octanol–water partition coefficient (Wildman–Crippen LogP) is 4.09. The number of carbonyl (C=O) groups is 2. The monoisotopic (exact) mass is 381 g/mol. The SMILES string of the molecule is C=CCOC(=O)N1C(C(C)(C)C)CCC1(C=C(C)C(C)=O)CO[SiH](C)C. The zero-order chi connectivity index (χ0) is 20.1. The van der Waals surface area contributed by atoms with Gasteiger partial charge in [0.2, 0.25) is 0 Å². The van der Waals surface area contributed by atoms with Crippen molar-refractivity contribution in [1.29, 1.82) is 0 Å². The van der Waals surface area contributed by atoms with Crippen molar-refractivity contribution in [3.05, 3.63) is 24.3 Å². The molecule has 0 N–H and O–H groups in total. The van der Waals surface area contributed by atoms with Gasteiger partial charge in [-0.1, -0.05) is 39.5 Å². The number of nitrogens with zero attached hydrogens (tertiary/aromatic N) is 1. The lowest BCUT2D eigenvalue weighted by Gasteiger charge is -2.43. The van der Waals surface area contributed by atoms with Gasteiger partial charge in [-0.05, 0) is 50.8 Å². The Balaban J connectivity index is 3.40. The van der Waals surface area contributed by atoms with E-state index in [1.165, 1.54) is 0 Å². The highest BCUT2D eigenvalue weighted by Crippen LogP contribution is 2.44. The lowest BCUT2D eigenvalue weighted by atomic mass is 9.85. The highest BCUT2D eigenvalue weighted by Gasteiger charge is 2.52. The first-order valence-electron chi connectivity index (χ1n) is 9.33. The van der Waals surface area contributed by atoms with Crippen molar-refractivity contribution in [1.82, 2.24) is 4.90 Å². The Morgan fingerprint density at radius 3 is 2.38 bits per heavy atom. The average Bonchev–Trinajstić information content (AvgIpc) is 2.90. The Bertz CT molecular complexity index is 565. The molecule has 0 aromatic heterocycles. The van der Waals surface area contributed by atoms with Crippen molar-refractivity contribution in [2.45, 2.75) is 72.1 Å². The van der Waals surface area contributed by atoms with E-state index in [2.05, 4.69) is 40.4 Å². The first-order chi connectivity index (χ1) is 11.9. The standard InChI is InChI=1S/C20H35NO4Si/c1-9-12-24-18(23)21-17(19(4,5)6)10-11-20(21,14-25-26(7)8)13-15(2)16(3)22/h9,13,17,26H,1,10-12,14H2,2-8H3. The van der Waals surface area contributed by atoms with Gasteiger partial charge in [0.15, 0.2) is 14.8 Å². The Morgan fingerprint density at radius 1 is 1.31 bits per heavy atom. The zero-order valence-electron chi connectivity index (χ0n) is 17.4. The van der Waals surface area contributed by atoms with E-state index in [4.69, 9.17) is 9.16 Å². The molecule has 1 aliphatic heterocycles. The van der Waals surface area contributed by atoms with Gasteiger partial charge in [0.25, 0.3) is 0 Å². The third-order valence-electron chi connectivity index (χ3n) is 4.87. The highest BCUT2D eigenvalue weighted by atomic mass is 28.3. The molecule has 6 heteroatoms. The number of likely N-dealkylation sites (tertiary alicyclic amines) is 1. The molecule has 1 fully saturated rings. The minimum absolute atomic E-state index is 0.00443. The van der Waals surface area contributed by atoms with Crippen LogP contribution in [0.3, 0.4) is 0 Å². The number of hydrogen-bond donors (Lipinski definition) is 0. The summed E-state index contributed by atoms with van der Waals surface area (Å²) in [5, 5.41) is 0. The van der Waals surface area contributed by atoms with Crippen molar-refractivity contribution in [3.63, 3.8) is 0 Å². The van der Waals surface area contributed by atoms with E-state index in [1.54, 1.807) is 19.9 Å². The Hall–Kier alpha value is -1.40. The molecule has 0 aromatic rings. The van der Waals surface area contributed by atoms with Crippen LogP contribution >= 0.6 is 0 Å². The molecule has 0 spiro atoms. The first-order valence-corrected chi connectivity index (χ1v) is 12.1. The van der Waals surface area contributed by atoms with Crippen molar-refractivity contribution in [2.24, 2.45) is 5.41 Å². The summed E-state index contributed by atoms with van der Waals surface area (Å²) in [6, 6.07) is 0.00764. The minimum Gasteiger partial charge on any atom is -0.445 e. The van der Waals surface area contributed by atoms with E-state index in [1.807, 2.05) is 11.0 Å². The van der Waals surface area contributed by atoms with Crippen LogP contribution in [-0.2, 0) is 14.0 Å². The number of Topliss-reactive ketones (excluding diaryl/α,β-unsaturated/α-hetero) is 1. The molecule has 2 atom stereocenters. The van der Waals surface area contributed by atoms with Crippen LogP contribution in [0.1, 0.15) is 47.5 Å². The summed E-state index contributed by atoms with van der Waals surface area (Å²) in [6.45, 7) is 18.1. The number of ether oxygens (including phenoxy) is 1. The van der Waals surface area contributed by atoms with Crippen LogP contribution in [0.5, 0.6) is 0 Å². The summed E-state index contributed by atoms with van der Waals surface area (Å²) < 4.78 is 11.5. The second-order valence-corrected chi connectivity index (χ2v) is 10.9. The van der Waals surface area contributed by atoms with Crippen LogP contribution in [0.15, 0.2) is 24.3 Å². The molecule has 0 radical (unpaired) electrons. The normalized spacial score (nSPS) is 24.1. The van der Waals surface area contributed by atoms with Crippen molar-refractivity contribution in [2.75, 3.05) is 13.2 Å². The van der Waals surface area contributed by atoms with Crippen LogP contribution in [0, 0.1) is 5.41 Å². The molecule has 2 unspecified atom stereocenters. The number of carbonyl (C=O) groups excluding carboxylic acids is 2. The smallest absolute Gasteiger partial charge is 0.411 e. The molecule has 26 heavy (non-hydrogen) atoms. The van der Waals surface area contributed by atoms with E-state index < -0.39 is 14.6 Å². The molecule has 1 rings (SSSR count). The minimum atomic E-state index is -1.29. The maximum atomic E-state index is 13.0. The van der Waals surface area contributed by atoms with E-state index in [9.17, 15) is 9.59 Å². The largest absolute Gasteiger partial charge is 0.445 e. The summed E-state index contributed by atoms with van der Waals surface area (Å²) in [7, 11) is -1.29. The van der Waals surface area contributed by atoms with E-state index in [0.717, 1.165) is 12.8 Å². The molecule has 0 bridgehead atoms. The molecule has 5 nitrogen and oxygen atoms in total. The van der Waals surface area contributed by atoms with Gasteiger partial charge in [-0.3, -0.25) is 9.69 Å². The molecule has 1 saturated heterocycles. The number of ketones is 1. The van der Waals surface area contributed by atoms with E-state index in [0.29, 0.717) is 12.2 Å². The summed E-state index contributed by atoms with van der Waals surface area (Å²) in [6.07, 6.45) is 4.72. The molecule has 1 heterocycles. The number of allylic oxidation sites excluding steroid dienone is 1. The maximum Gasteiger partial charge on any atom is 0.411 e. The lowest BCUT2D eigenvalue weighted by Crippen LogP contribution is -2.56. The van der Waals surface area contributed by atoms with Crippen LogP contribution in [0.25, 0.3) is 0 Å². The van der Waals surface area contributed by atoms with Gasteiger partial charge in [-0.2, -0.15) is 0 Å². The molecule has 148 valence electrons. The molecule has 0 aliphatic carbocycles. The highest BCUT2D eigenvalue weighted by molar-refractivity contribution is 6.48. The van der Waals surface area contributed by atoms with E-state index in [-0.39, 0.29) is 29.9 Å². The Kier molecular flexibility index (Phi) is 7.83. The van der Waals surface area contributed by atoms with E-state index >= 15 is 0 Å². The quantitative estimate of drug-likeness (QED) is 0.378. The molecular formula is C20H35NO4Si. The van der Waals surface area contributed by atoms with Crippen LogP contribution in [0.4, 0.5) is 4.79 Å². The maximum absolute atomic E-state index is 13.0. The third-order valence-corrected chi connectivity index (χ3v) is 5.70. The second kappa shape index (κ2) is 9.00. The third kappa shape index (κ3) is 5.55. The van der Waals surface area contributed by atoms with Gasteiger partial charge in [-0.25, -0.2) is 4.79 Å². The molecule has 0 aromatic carbocycles. The van der Waals surface area contributed by atoms with Crippen LogP contribution < -0.4 is 0 Å². The topological polar surface area (TPSA) is 55.8 Å². The van der Waals surface area contributed by atoms with Crippen LogP contribution in [0.2, 0.25) is 13.1 Å². The Morgan fingerprint density at radius 2 is 1.92 bits per heavy atom. The summed E-state index contributed by atoms with van der Waals surface area (Å²) in [5.41, 5.74) is -0.110. The molecule has 1 amide bonds. The van der Waals surface area contributed by atoms with Gasteiger partial charge < -0.3 is 9.16 Å². The van der Waals surface area contributed by atoms with Gasteiger partial charge in [0.1, 0.15) is 6.61 Å². The van der Waals surface area contributed by atoms with Crippen molar-refractivity contribution < 1.29 is 18.8 Å². The van der Waals surface area contributed by atoms with Gasteiger partial charge in [0, 0.05) is 6.04 Å². The fourth-order valence-corrected chi connectivity index (χ4v) is 4.04.